The third kappa shape index (κ3) is 11.1. The molecule has 172 valence electrons. The first-order chi connectivity index (χ1) is 13.9. The van der Waals surface area contributed by atoms with Crippen LogP contribution in [-0.4, -0.2) is 16.3 Å². The first-order valence-electron chi connectivity index (χ1n) is 13.7. The summed E-state index contributed by atoms with van der Waals surface area (Å²) in [6.45, 7) is 17.2. The van der Waals surface area contributed by atoms with Crippen molar-refractivity contribution < 1.29 is 0 Å². The average molecular weight is 421 g/mol. The topological polar surface area (TPSA) is 0 Å². The molecule has 29 heavy (non-hydrogen) atoms. The predicted octanol–water partition coefficient (Wildman–Crippen LogP) is 10.2. The Kier molecular flexibility index (Phi) is 18.5. The molecular formula is C28H57Al. The van der Waals surface area contributed by atoms with Crippen molar-refractivity contribution in [1.82, 2.24) is 0 Å². The molecule has 0 aliphatic heterocycles. The first kappa shape index (κ1) is 29.5. The monoisotopic (exact) mass is 420 g/mol. The molecule has 0 N–H and O–H groups in total. The third-order valence-electron chi connectivity index (χ3n) is 7.90. The van der Waals surface area contributed by atoms with Crippen LogP contribution in [0.4, 0.5) is 0 Å². The SMILES string of the molecule is CCCCCCCCC(C(C)CCCC)[C]([Al])(C(C)CCCC)C(C)CCCC. The molecule has 0 saturated carbocycles. The molecule has 0 aliphatic carbocycles. The van der Waals surface area contributed by atoms with Gasteiger partial charge >= 0.3 is 0 Å². The summed E-state index contributed by atoms with van der Waals surface area (Å²) in [7, 11) is 0. The van der Waals surface area contributed by atoms with Gasteiger partial charge in [-0.05, 0) is 11.8 Å². The molecule has 0 bridgehead atoms. The highest BCUT2D eigenvalue weighted by atomic mass is 27.0. The Morgan fingerprint density at radius 2 is 0.931 bits per heavy atom. The van der Waals surface area contributed by atoms with Crippen LogP contribution < -0.4 is 0 Å². The van der Waals surface area contributed by atoms with Gasteiger partial charge in [0.1, 0.15) is 16.3 Å². The van der Waals surface area contributed by atoms with Crippen LogP contribution in [0.5, 0.6) is 0 Å². The van der Waals surface area contributed by atoms with Gasteiger partial charge in [-0.25, -0.2) is 0 Å². The summed E-state index contributed by atoms with van der Waals surface area (Å²) >= 11 is 3.52. The van der Waals surface area contributed by atoms with E-state index in [0.717, 1.165) is 23.7 Å². The summed E-state index contributed by atoms with van der Waals surface area (Å²) < 4.78 is 0.418. The maximum absolute atomic E-state index is 3.52. The largest absolute Gasteiger partial charge is 0.130 e. The van der Waals surface area contributed by atoms with Crippen LogP contribution >= 0.6 is 0 Å². The van der Waals surface area contributed by atoms with Crippen LogP contribution in [0.25, 0.3) is 0 Å². The highest BCUT2D eigenvalue weighted by molar-refractivity contribution is 6.16. The van der Waals surface area contributed by atoms with Crippen molar-refractivity contribution in [2.75, 3.05) is 0 Å². The number of unbranched alkanes of at least 4 members (excludes halogenated alkanes) is 8. The van der Waals surface area contributed by atoms with Gasteiger partial charge < -0.3 is 0 Å². The van der Waals surface area contributed by atoms with Gasteiger partial charge in [0.25, 0.3) is 0 Å². The molecule has 0 aromatic rings. The van der Waals surface area contributed by atoms with Gasteiger partial charge in [0.05, 0.1) is 0 Å². The molecule has 4 atom stereocenters. The Morgan fingerprint density at radius 3 is 1.41 bits per heavy atom. The van der Waals surface area contributed by atoms with Crippen molar-refractivity contribution in [3.05, 3.63) is 0 Å². The van der Waals surface area contributed by atoms with E-state index >= 15 is 0 Å². The van der Waals surface area contributed by atoms with E-state index in [0.29, 0.717) is 4.28 Å². The molecule has 0 saturated heterocycles. The van der Waals surface area contributed by atoms with Crippen molar-refractivity contribution >= 4 is 16.3 Å². The second kappa shape index (κ2) is 18.1. The van der Waals surface area contributed by atoms with E-state index in [-0.39, 0.29) is 0 Å². The van der Waals surface area contributed by atoms with Crippen LogP contribution in [0.2, 0.25) is 4.28 Å². The minimum Gasteiger partial charge on any atom is -0.0888 e. The lowest BCUT2D eigenvalue weighted by atomic mass is 9.64. The molecule has 0 heterocycles. The lowest BCUT2D eigenvalue weighted by Crippen LogP contribution is -2.40. The van der Waals surface area contributed by atoms with Gasteiger partial charge in [0.2, 0.25) is 0 Å². The highest BCUT2D eigenvalue weighted by Gasteiger charge is 2.42. The van der Waals surface area contributed by atoms with Crippen molar-refractivity contribution in [1.29, 1.82) is 0 Å². The van der Waals surface area contributed by atoms with E-state index in [2.05, 4.69) is 64.8 Å². The molecule has 0 aromatic heterocycles. The van der Waals surface area contributed by atoms with Gasteiger partial charge in [-0.3, -0.25) is 0 Å². The van der Waals surface area contributed by atoms with Crippen LogP contribution in [0.1, 0.15) is 151 Å². The summed E-state index contributed by atoms with van der Waals surface area (Å²) in [4.78, 5) is 0. The van der Waals surface area contributed by atoms with Crippen LogP contribution in [-0.2, 0) is 0 Å². The molecular weight excluding hydrogens is 363 g/mol. The Morgan fingerprint density at radius 1 is 0.517 bits per heavy atom. The van der Waals surface area contributed by atoms with Crippen LogP contribution in [0.3, 0.4) is 0 Å². The maximum atomic E-state index is 3.52. The molecule has 1 heteroatoms. The predicted molar refractivity (Wildman–Crippen MR) is 136 cm³/mol. The Hall–Kier alpha value is 0.532. The summed E-state index contributed by atoms with van der Waals surface area (Å²) in [6.07, 6.45) is 22.5. The number of hydrogen-bond donors (Lipinski definition) is 0. The normalized spacial score (nSPS) is 18.2. The zero-order valence-corrected chi connectivity index (χ0v) is 22.9. The molecule has 0 rings (SSSR count). The zero-order valence-electron chi connectivity index (χ0n) is 21.7. The lowest BCUT2D eigenvalue weighted by Gasteiger charge is -2.52. The molecule has 0 aromatic carbocycles. The lowest BCUT2D eigenvalue weighted by molar-refractivity contribution is 0.110. The summed E-state index contributed by atoms with van der Waals surface area (Å²) in [5.41, 5.74) is 0. The van der Waals surface area contributed by atoms with Gasteiger partial charge in [0.15, 0.2) is 0 Å². The van der Waals surface area contributed by atoms with Gasteiger partial charge in [0, 0.05) is 0 Å². The molecule has 0 fully saturated rings. The van der Waals surface area contributed by atoms with Crippen LogP contribution in [0.15, 0.2) is 0 Å². The molecule has 0 spiro atoms. The highest BCUT2D eigenvalue weighted by Crippen LogP contribution is 2.55. The zero-order chi connectivity index (χ0) is 22.1. The maximum Gasteiger partial charge on any atom is 0.130 e. The van der Waals surface area contributed by atoms with E-state index in [1.807, 2.05) is 0 Å². The molecule has 0 amide bonds. The average Bonchev–Trinajstić information content (AvgIpc) is 2.72. The second-order valence-corrected chi connectivity index (χ2v) is 11.4. The summed E-state index contributed by atoms with van der Waals surface area (Å²) in [5.74, 6) is 3.35. The number of rotatable bonds is 20. The van der Waals surface area contributed by atoms with E-state index in [9.17, 15) is 0 Å². The quantitative estimate of drug-likeness (QED) is 0.136. The van der Waals surface area contributed by atoms with E-state index in [1.54, 1.807) is 0 Å². The third-order valence-corrected chi connectivity index (χ3v) is 9.47. The van der Waals surface area contributed by atoms with Gasteiger partial charge in [-0.2, -0.15) is 0 Å². The fraction of sp³-hybridized carbons (Fsp3) is 1.00. The fourth-order valence-electron chi connectivity index (χ4n) is 5.64. The smallest absolute Gasteiger partial charge is 0.0888 e. The Labute approximate surface area is 195 Å². The Balaban J connectivity index is 5.41. The van der Waals surface area contributed by atoms with Crippen molar-refractivity contribution in [2.24, 2.45) is 23.7 Å². The fourth-order valence-corrected chi connectivity index (χ4v) is 6.46. The number of hydrogen-bond acceptors (Lipinski definition) is 0. The van der Waals surface area contributed by atoms with Gasteiger partial charge in [-0.15, -0.1) is 0 Å². The molecule has 0 nitrogen and oxygen atoms in total. The minimum atomic E-state index is 0.418. The van der Waals surface area contributed by atoms with E-state index in [4.69, 9.17) is 0 Å². The van der Waals surface area contributed by atoms with Crippen LogP contribution in [0, 0.1) is 23.7 Å². The summed E-state index contributed by atoms with van der Waals surface area (Å²) in [5, 5.41) is 0. The minimum absolute atomic E-state index is 0.418. The Bertz CT molecular complexity index is 336. The van der Waals surface area contributed by atoms with Crippen molar-refractivity contribution in [2.45, 2.75) is 155 Å². The molecule has 0 aliphatic rings. The van der Waals surface area contributed by atoms with E-state index < -0.39 is 0 Å². The van der Waals surface area contributed by atoms with E-state index in [1.165, 1.54) is 103 Å². The van der Waals surface area contributed by atoms with Crippen molar-refractivity contribution in [3.63, 3.8) is 0 Å². The molecule has 2 radical (unpaired) electrons. The standard InChI is InChI=1S/C28H57.Al/c1-8-12-16-17-18-19-23-27(24(5)20-13-9-2)28(25(6)21-14-10-3)26(7)22-15-11-4;/h24-27H,8-23H2,1-7H3;. The second-order valence-electron chi connectivity index (χ2n) is 10.4. The van der Waals surface area contributed by atoms with Crippen molar-refractivity contribution in [3.8, 4) is 0 Å². The van der Waals surface area contributed by atoms with Gasteiger partial charge in [-0.1, -0.05) is 167 Å². The summed E-state index contributed by atoms with van der Waals surface area (Å²) in [6, 6.07) is 0. The molecule has 4 unspecified atom stereocenters. The first-order valence-corrected chi connectivity index (χ1v) is 14.3.